The van der Waals surface area contributed by atoms with Gasteiger partial charge in [0.25, 0.3) is 0 Å². The molecule has 4 rings (SSSR count). The number of thioether (sulfide) groups is 1. The van der Waals surface area contributed by atoms with E-state index in [1.807, 2.05) is 12.1 Å². The van der Waals surface area contributed by atoms with E-state index in [4.69, 9.17) is 20.2 Å². The maximum atomic E-state index is 13.1. The number of ether oxygens (including phenoxy) is 2. The number of nitro groups is 1. The predicted octanol–water partition coefficient (Wildman–Crippen LogP) is 4.61. The first-order chi connectivity index (χ1) is 17.9. The van der Waals surface area contributed by atoms with Crippen molar-refractivity contribution in [2.75, 3.05) is 12.4 Å². The maximum Gasteiger partial charge on any atom is 0.338 e. The van der Waals surface area contributed by atoms with Gasteiger partial charge in [-0.15, -0.1) is 0 Å². The molecule has 0 aromatic carbocycles. The Morgan fingerprint density at radius 1 is 1.32 bits per heavy atom. The molecular formula is C25H23N5O5S2. The summed E-state index contributed by atoms with van der Waals surface area (Å²) in [6.07, 6.45) is 4.92. The Hall–Kier alpha value is -3.87. The van der Waals surface area contributed by atoms with Gasteiger partial charge in [0, 0.05) is 16.6 Å². The highest BCUT2D eigenvalue weighted by atomic mass is 32.2. The molecule has 0 radical (unpaired) electrons. The van der Waals surface area contributed by atoms with Crippen molar-refractivity contribution in [1.29, 1.82) is 10.5 Å². The van der Waals surface area contributed by atoms with Gasteiger partial charge in [-0.3, -0.25) is 10.1 Å². The van der Waals surface area contributed by atoms with E-state index < -0.39 is 16.8 Å². The molecule has 2 N–H and O–H groups in total. The van der Waals surface area contributed by atoms with Crippen LogP contribution in [0.25, 0.3) is 0 Å². The lowest BCUT2D eigenvalue weighted by molar-refractivity contribution is -0.380. The number of aromatic nitrogens is 1. The number of fused-ring (bicyclic) bond motifs is 1. The zero-order chi connectivity index (χ0) is 26.5. The summed E-state index contributed by atoms with van der Waals surface area (Å²) in [5, 5.41) is 31.2. The largest absolute Gasteiger partial charge is 0.463 e. The Morgan fingerprint density at radius 3 is 2.78 bits per heavy atom. The van der Waals surface area contributed by atoms with Crippen molar-refractivity contribution < 1.29 is 19.2 Å². The summed E-state index contributed by atoms with van der Waals surface area (Å²) in [5.41, 5.74) is 8.59. The minimum Gasteiger partial charge on any atom is -0.463 e. The van der Waals surface area contributed by atoms with Crippen LogP contribution in [-0.4, -0.2) is 28.2 Å². The normalized spacial score (nSPS) is 17.2. The van der Waals surface area contributed by atoms with Crippen LogP contribution in [0.3, 0.4) is 0 Å². The third kappa shape index (κ3) is 5.45. The number of nitrogens with two attached hydrogens (primary N) is 1. The van der Waals surface area contributed by atoms with Gasteiger partial charge in [-0.2, -0.15) is 10.5 Å². The number of aryl methyl sites for hydroxylation is 2. The van der Waals surface area contributed by atoms with E-state index in [0.29, 0.717) is 15.5 Å². The van der Waals surface area contributed by atoms with Crippen molar-refractivity contribution in [3.63, 3.8) is 0 Å². The van der Waals surface area contributed by atoms with E-state index in [1.165, 1.54) is 23.9 Å². The van der Waals surface area contributed by atoms with Crippen molar-refractivity contribution >= 4 is 34.1 Å². The van der Waals surface area contributed by atoms with Crippen molar-refractivity contribution in [2.24, 2.45) is 5.73 Å². The lowest BCUT2D eigenvalue weighted by Crippen LogP contribution is -2.26. The minimum atomic E-state index is -0.984. The van der Waals surface area contributed by atoms with Crippen molar-refractivity contribution in [3.05, 3.63) is 72.8 Å². The monoisotopic (exact) mass is 537 g/mol. The number of hydrogen-bond acceptors (Lipinski definition) is 11. The van der Waals surface area contributed by atoms with Gasteiger partial charge < -0.3 is 15.2 Å². The van der Waals surface area contributed by atoms with Crippen LogP contribution in [0.2, 0.25) is 0 Å². The van der Waals surface area contributed by atoms with Crippen LogP contribution in [0.1, 0.15) is 53.8 Å². The molecule has 1 atom stereocenters. The number of hydrogen-bond donors (Lipinski definition) is 1. The number of allylic oxidation sites excluding steroid dienone is 1. The van der Waals surface area contributed by atoms with Gasteiger partial charge >= 0.3 is 11.0 Å². The zero-order valence-electron chi connectivity index (χ0n) is 20.0. The molecule has 1 aliphatic carbocycles. The van der Waals surface area contributed by atoms with Gasteiger partial charge in [-0.1, -0.05) is 29.5 Å². The fourth-order valence-corrected chi connectivity index (χ4v) is 6.21. The van der Waals surface area contributed by atoms with E-state index in [9.17, 15) is 25.4 Å². The molecule has 1 unspecified atom stereocenters. The summed E-state index contributed by atoms with van der Waals surface area (Å²) >= 11 is 2.07. The molecule has 0 fully saturated rings. The molecule has 12 heteroatoms. The third-order valence-corrected chi connectivity index (χ3v) is 8.14. The molecule has 0 bridgehead atoms. The maximum absolute atomic E-state index is 13.1. The first-order valence-corrected chi connectivity index (χ1v) is 13.5. The van der Waals surface area contributed by atoms with Gasteiger partial charge in [0.2, 0.25) is 5.88 Å². The van der Waals surface area contributed by atoms with Crippen LogP contribution in [0.5, 0.6) is 0 Å². The summed E-state index contributed by atoms with van der Waals surface area (Å²) in [6.45, 7) is 1.72. The van der Waals surface area contributed by atoms with Crippen molar-refractivity contribution in [3.8, 4) is 12.1 Å². The second kappa shape index (κ2) is 11.5. The first-order valence-electron chi connectivity index (χ1n) is 11.6. The molecule has 2 aromatic rings. The number of nitrogens with zero attached hydrogens (tertiary/aromatic N) is 4. The molecule has 0 saturated carbocycles. The smallest absolute Gasteiger partial charge is 0.338 e. The number of thiophene rings is 1. The number of pyridine rings is 1. The lowest BCUT2D eigenvalue weighted by Gasteiger charge is -2.27. The van der Waals surface area contributed by atoms with E-state index in [-0.39, 0.29) is 40.1 Å². The Bertz CT molecular complexity index is 1400. The SMILES string of the molecule is CCOC(=O)C1=C(CSc2nc3c(cc2C#N)CCCCC3)OC(N)=C(C#N)C1c1ccc([N+](=O)[O-])s1. The quantitative estimate of drug-likeness (QED) is 0.173. The van der Waals surface area contributed by atoms with Crippen LogP contribution in [0.15, 0.2) is 46.0 Å². The lowest BCUT2D eigenvalue weighted by atomic mass is 9.87. The van der Waals surface area contributed by atoms with E-state index in [2.05, 4.69) is 6.07 Å². The van der Waals surface area contributed by atoms with E-state index >= 15 is 0 Å². The highest BCUT2D eigenvalue weighted by molar-refractivity contribution is 7.99. The number of esters is 1. The number of nitriles is 2. The van der Waals surface area contributed by atoms with Crippen LogP contribution in [0, 0.1) is 32.8 Å². The molecular weight excluding hydrogens is 514 g/mol. The first kappa shape index (κ1) is 26.2. The average molecular weight is 538 g/mol. The Labute approximate surface area is 221 Å². The predicted molar refractivity (Wildman–Crippen MR) is 136 cm³/mol. The summed E-state index contributed by atoms with van der Waals surface area (Å²) in [5.74, 6) is -1.65. The van der Waals surface area contributed by atoms with Gasteiger partial charge in [0.1, 0.15) is 28.5 Å². The van der Waals surface area contributed by atoms with Crippen LogP contribution in [-0.2, 0) is 27.1 Å². The van der Waals surface area contributed by atoms with Crippen molar-refractivity contribution in [2.45, 2.75) is 50.0 Å². The van der Waals surface area contributed by atoms with Crippen LogP contribution >= 0.6 is 23.1 Å². The standard InChI is InChI=1S/C25H23N5O5S2/c1-2-34-25(31)22-18(13-36-24-15(11-26)10-14-6-4-3-5-7-17(14)29-24)35-23(28)16(12-27)21(22)19-8-9-20(37-19)30(32)33/h8-10,21H,2-7,13,28H2,1H3. The molecule has 2 aromatic heterocycles. The third-order valence-electron chi connectivity index (χ3n) is 6.05. The molecule has 10 nitrogen and oxygen atoms in total. The number of rotatable bonds is 7. The number of carbonyl (C=O) groups is 1. The topological polar surface area (TPSA) is 165 Å². The average Bonchev–Trinajstić information content (AvgIpc) is 3.26. The summed E-state index contributed by atoms with van der Waals surface area (Å²) in [6, 6.07) is 8.89. The second-order valence-electron chi connectivity index (χ2n) is 8.32. The van der Waals surface area contributed by atoms with Gasteiger partial charge in [-0.05, 0) is 50.3 Å². The van der Waals surface area contributed by atoms with Crippen LogP contribution in [0.4, 0.5) is 5.00 Å². The van der Waals surface area contributed by atoms with Gasteiger partial charge in [0.15, 0.2) is 0 Å². The Balaban J connectivity index is 1.76. The Morgan fingerprint density at radius 2 is 2.11 bits per heavy atom. The summed E-state index contributed by atoms with van der Waals surface area (Å²) < 4.78 is 11.0. The summed E-state index contributed by atoms with van der Waals surface area (Å²) in [7, 11) is 0. The summed E-state index contributed by atoms with van der Waals surface area (Å²) in [4.78, 5) is 29.0. The molecule has 0 amide bonds. The van der Waals surface area contributed by atoms with Crippen LogP contribution < -0.4 is 5.73 Å². The molecule has 1 aliphatic heterocycles. The number of carbonyl (C=O) groups excluding carboxylic acids is 1. The van der Waals surface area contributed by atoms with E-state index in [0.717, 1.165) is 54.7 Å². The molecule has 2 aliphatic rings. The van der Waals surface area contributed by atoms with Gasteiger partial charge in [-0.25, -0.2) is 9.78 Å². The van der Waals surface area contributed by atoms with Crippen molar-refractivity contribution in [1.82, 2.24) is 4.98 Å². The molecule has 37 heavy (non-hydrogen) atoms. The zero-order valence-corrected chi connectivity index (χ0v) is 21.6. The fourth-order valence-electron chi connectivity index (χ4n) is 4.35. The Kier molecular flexibility index (Phi) is 8.11. The van der Waals surface area contributed by atoms with E-state index in [1.54, 1.807) is 6.92 Å². The second-order valence-corrected chi connectivity index (χ2v) is 10.4. The molecule has 3 heterocycles. The molecule has 0 saturated heterocycles. The highest BCUT2D eigenvalue weighted by Gasteiger charge is 2.39. The highest BCUT2D eigenvalue weighted by Crippen LogP contribution is 2.44. The molecule has 190 valence electrons. The fraction of sp³-hybridized carbons (Fsp3) is 0.360. The van der Waals surface area contributed by atoms with Gasteiger partial charge in [0.05, 0.1) is 34.3 Å². The minimum absolute atomic E-state index is 0.0329. The molecule has 0 spiro atoms.